The number of pyridine rings is 2. The first kappa shape index (κ1) is 24.7. The predicted molar refractivity (Wildman–Crippen MR) is 150 cm³/mol. The normalized spacial score (nSPS) is 11.9. The third-order valence-electron chi connectivity index (χ3n) is 6.12. The van der Waals surface area contributed by atoms with Gasteiger partial charge in [-0.05, 0) is 43.7 Å². The largest absolute Gasteiger partial charge is 0.380 e. The van der Waals surface area contributed by atoms with Gasteiger partial charge in [-0.15, -0.1) is 0 Å². The van der Waals surface area contributed by atoms with Crippen LogP contribution in [0.15, 0.2) is 83.7 Å². The van der Waals surface area contributed by atoms with E-state index in [1.54, 1.807) is 23.6 Å². The summed E-state index contributed by atoms with van der Waals surface area (Å²) in [4.78, 5) is 35.9. The van der Waals surface area contributed by atoms with E-state index in [9.17, 15) is 9.59 Å². The van der Waals surface area contributed by atoms with E-state index in [1.807, 2.05) is 67.6 Å². The second-order valence-electron chi connectivity index (χ2n) is 8.57. The molecule has 0 aliphatic carbocycles. The van der Waals surface area contributed by atoms with Gasteiger partial charge in [-0.2, -0.15) is 0 Å². The topological polar surface area (TPSA) is 88.9 Å². The summed E-state index contributed by atoms with van der Waals surface area (Å²) >= 11 is 7.51. The van der Waals surface area contributed by atoms with Gasteiger partial charge in [0.25, 0.3) is 11.5 Å². The highest BCUT2D eigenvalue weighted by molar-refractivity contribution is 7.22. The van der Waals surface area contributed by atoms with Crippen molar-refractivity contribution in [2.45, 2.75) is 26.4 Å². The number of hydrogen-bond acceptors (Lipinski definition) is 6. The van der Waals surface area contributed by atoms with Crippen LogP contribution >= 0.6 is 22.9 Å². The molecule has 2 N–H and O–H groups in total. The van der Waals surface area contributed by atoms with Crippen LogP contribution in [0.3, 0.4) is 0 Å². The molecule has 1 atom stereocenters. The summed E-state index contributed by atoms with van der Waals surface area (Å²) in [6.45, 7) is 4.08. The summed E-state index contributed by atoms with van der Waals surface area (Å²) in [7, 11) is 0. The number of fused-ring (bicyclic) bond motifs is 1. The molecular formula is C28H24ClN5O2S. The number of carbonyl (C=O) groups excluding carboxylic acids is 1. The second kappa shape index (κ2) is 10.5. The maximum absolute atomic E-state index is 13.7. The Morgan fingerprint density at radius 2 is 1.78 bits per heavy atom. The van der Waals surface area contributed by atoms with E-state index in [0.717, 1.165) is 15.8 Å². The fourth-order valence-electron chi connectivity index (χ4n) is 4.32. The van der Waals surface area contributed by atoms with Crippen LogP contribution in [0.25, 0.3) is 10.2 Å². The Balaban J connectivity index is 1.56. The molecule has 0 bridgehead atoms. The van der Waals surface area contributed by atoms with Crippen molar-refractivity contribution in [2.24, 2.45) is 0 Å². The van der Waals surface area contributed by atoms with Gasteiger partial charge in [0.05, 0.1) is 33.2 Å². The van der Waals surface area contributed by atoms with E-state index >= 15 is 0 Å². The first-order valence-electron chi connectivity index (χ1n) is 11.7. The molecule has 5 rings (SSSR count). The van der Waals surface area contributed by atoms with Gasteiger partial charge in [-0.3, -0.25) is 14.9 Å². The average molecular weight is 530 g/mol. The number of halogens is 1. The Kier molecular flexibility index (Phi) is 7.03. The van der Waals surface area contributed by atoms with Crippen molar-refractivity contribution in [3.05, 3.63) is 117 Å². The van der Waals surface area contributed by atoms with Crippen LogP contribution in [0.5, 0.6) is 0 Å². The minimum Gasteiger partial charge on any atom is -0.380 e. The molecule has 5 aromatic rings. The molecule has 1 unspecified atom stereocenters. The van der Waals surface area contributed by atoms with E-state index in [4.69, 9.17) is 11.6 Å². The van der Waals surface area contributed by atoms with Gasteiger partial charge in [0.15, 0.2) is 5.13 Å². The lowest BCUT2D eigenvalue weighted by Crippen LogP contribution is -2.30. The highest BCUT2D eigenvalue weighted by atomic mass is 35.5. The molecule has 2 aromatic carbocycles. The minimum atomic E-state index is -0.441. The summed E-state index contributed by atoms with van der Waals surface area (Å²) in [5.41, 5.74) is 3.54. The maximum Gasteiger partial charge on any atom is 0.261 e. The Bertz CT molecular complexity index is 1620. The number of para-hydroxylation sites is 1. The van der Waals surface area contributed by atoms with Crippen LogP contribution in [0.2, 0.25) is 5.15 Å². The van der Waals surface area contributed by atoms with Crippen molar-refractivity contribution >= 4 is 49.9 Å². The summed E-state index contributed by atoms with van der Waals surface area (Å²) in [5.74, 6) is -0.355. The number of amides is 1. The molecule has 0 radical (unpaired) electrons. The van der Waals surface area contributed by atoms with Gasteiger partial charge in [0.1, 0.15) is 5.15 Å². The van der Waals surface area contributed by atoms with E-state index < -0.39 is 6.04 Å². The molecule has 7 nitrogen and oxygen atoms in total. The van der Waals surface area contributed by atoms with Gasteiger partial charge in [-0.1, -0.05) is 71.5 Å². The number of carbonyl (C=O) groups is 1. The zero-order valence-electron chi connectivity index (χ0n) is 20.2. The monoisotopic (exact) mass is 529 g/mol. The summed E-state index contributed by atoms with van der Waals surface area (Å²) in [5, 5.41) is 7.06. The molecule has 0 saturated heterocycles. The molecule has 186 valence electrons. The van der Waals surface area contributed by atoms with Crippen molar-refractivity contribution in [1.82, 2.24) is 14.5 Å². The third kappa shape index (κ3) is 5.26. The van der Waals surface area contributed by atoms with Gasteiger partial charge in [0, 0.05) is 18.3 Å². The van der Waals surface area contributed by atoms with Crippen LogP contribution in [-0.2, 0) is 6.54 Å². The summed E-state index contributed by atoms with van der Waals surface area (Å²) < 4.78 is 2.54. The van der Waals surface area contributed by atoms with Crippen molar-refractivity contribution in [3.8, 4) is 0 Å². The number of benzene rings is 2. The second-order valence-corrected chi connectivity index (χ2v) is 9.99. The fourth-order valence-corrected chi connectivity index (χ4v) is 5.35. The molecule has 0 aliphatic heterocycles. The predicted octanol–water partition coefficient (Wildman–Crippen LogP) is 6.29. The lowest BCUT2D eigenvalue weighted by atomic mass is 10.1. The molecule has 0 aliphatic rings. The number of nitrogens with one attached hydrogen (secondary N) is 2. The lowest BCUT2D eigenvalue weighted by molar-refractivity contribution is 0.102. The van der Waals surface area contributed by atoms with Crippen LogP contribution in [0, 0.1) is 6.92 Å². The Morgan fingerprint density at radius 1 is 1.03 bits per heavy atom. The lowest BCUT2D eigenvalue weighted by Gasteiger charge is -2.22. The van der Waals surface area contributed by atoms with E-state index in [0.29, 0.717) is 39.5 Å². The zero-order chi connectivity index (χ0) is 25.9. The Hall–Kier alpha value is -4.01. The SMILES string of the molecule is Cc1c(C(=O)Nc2nc3ccccc3s2)c(NCc2ccccc2)cc(=O)n1C(C)c1cccc(Cl)n1. The fraction of sp³-hybridized carbons (Fsp3) is 0.143. The smallest absolute Gasteiger partial charge is 0.261 e. The summed E-state index contributed by atoms with van der Waals surface area (Å²) in [6, 6.07) is 23.8. The standard InChI is InChI=1S/C28H24ClN5O2S/c1-17(20-12-8-14-24(29)31-20)34-18(2)26(22(15-25(34)35)30-16-19-9-4-3-5-10-19)27(36)33-28-32-21-11-6-7-13-23(21)37-28/h3-15,17,30H,16H2,1-2H3,(H,32,33,36). The van der Waals surface area contributed by atoms with E-state index in [2.05, 4.69) is 20.6 Å². The van der Waals surface area contributed by atoms with Crippen molar-refractivity contribution in [2.75, 3.05) is 10.6 Å². The molecule has 37 heavy (non-hydrogen) atoms. The Morgan fingerprint density at radius 3 is 2.54 bits per heavy atom. The van der Waals surface area contributed by atoms with Gasteiger partial charge in [-0.25, -0.2) is 9.97 Å². The molecule has 1 amide bonds. The molecule has 0 spiro atoms. The first-order chi connectivity index (χ1) is 17.9. The van der Waals surface area contributed by atoms with Gasteiger partial charge >= 0.3 is 0 Å². The van der Waals surface area contributed by atoms with Crippen LogP contribution in [0.1, 0.15) is 40.3 Å². The number of rotatable bonds is 7. The number of nitrogens with zero attached hydrogens (tertiary/aromatic N) is 3. The maximum atomic E-state index is 13.7. The van der Waals surface area contributed by atoms with Crippen LogP contribution in [0.4, 0.5) is 10.8 Å². The molecule has 0 fully saturated rings. The van der Waals surface area contributed by atoms with E-state index in [-0.39, 0.29) is 11.5 Å². The highest BCUT2D eigenvalue weighted by Crippen LogP contribution is 2.28. The molecule has 3 heterocycles. The quantitative estimate of drug-likeness (QED) is 0.242. The molecule has 0 saturated carbocycles. The van der Waals surface area contributed by atoms with E-state index in [1.165, 1.54) is 17.4 Å². The Labute approximate surface area is 222 Å². The zero-order valence-corrected chi connectivity index (χ0v) is 21.8. The number of hydrogen-bond donors (Lipinski definition) is 2. The number of anilines is 2. The third-order valence-corrected chi connectivity index (χ3v) is 7.28. The minimum absolute atomic E-state index is 0.251. The van der Waals surface area contributed by atoms with Crippen molar-refractivity contribution < 1.29 is 4.79 Å². The van der Waals surface area contributed by atoms with Crippen LogP contribution < -0.4 is 16.2 Å². The molecule has 3 aromatic heterocycles. The number of thiazole rings is 1. The summed E-state index contributed by atoms with van der Waals surface area (Å²) in [6.07, 6.45) is 0. The van der Waals surface area contributed by atoms with Crippen molar-refractivity contribution in [1.29, 1.82) is 0 Å². The van der Waals surface area contributed by atoms with Gasteiger partial charge in [0.2, 0.25) is 0 Å². The highest BCUT2D eigenvalue weighted by Gasteiger charge is 2.23. The first-order valence-corrected chi connectivity index (χ1v) is 12.9. The van der Waals surface area contributed by atoms with Gasteiger partial charge < -0.3 is 9.88 Å². The number of aromatic nitrogens is 3. The van der Waals surface area contributed by atoms with Crippen LogP contribution in [-0.4, -0.2) is 20.4 Å². The molecular weight excluding hydrogens is 506 g/mol. The average Bonchev–Trinajstić information content (AvgIpc) is 3.30. The molecule has 9 heteroatoms. The van der Waals surface area contributed by atoms with Crippen molar-refractivity contribution in [3.63, 3.8) is 0 Å².